The Hall–Kier alpha value is -1.48. The second-order valence-electron chi connectivity index (χ2n) is 3.54. The van der Waals surface area contributed by atoms with Crippen molar-refractivity contribution in [3.8, 4) is 11.3 Å². The molecule has 2 aromatic heterocycles. The molecule has 82 valence electrons. The third-order valence-electron chi connectivity index (χ3n) is 2.54. The summed E-state index contributed by atoms with van der Waals surface area (Å²) in [6.07, 6.45) is 5.88. The topological polar surface area (TPSA) is 38.7 Å². The van der Waals surface area contributed by atoms with Gasteiger partial charge < -0.3 is 0 Å². The van der Waals surface area contributed by atoms with Crippen molar-refractivity contribution in [3.63, 3.8) is 0 Å². The van der Waals surface area contributed by atoms with Gasteiger partial charge in [0.15, 0.2) is 0 Å². The number of rotatable bonds is 2. The number of hydrogen-bond donors (Lipinski definition) is 0. The molecule has 0 aliphatic rings. The van der Waals surface area contributed by atoms with Gasteiger partial charge in [-0.15, -0.1) is 0 Å². The third kappa shape index (κ3) is 1.91. The molecule has 0 atom stereocenters. The number of halogens is 1. The van der Waals surface area contributed by atoms with E-state index in [1.807, 2.05) is 26.1 Å². The zero-order valence-electron chi connectivity index (χ0n) is 9.24. The van der Waals surface area contributed by atoms with Gasteiger partial charge in [-0.2, -0.15) is 0 Å². The first kappa shape index (κ1) is 11.0. The molecule has 0 saturated heterocycles. The van der Waals surface area contributed by atoms with E-state index in [0.717, 1.165) is 28.8 Å². The summed E-state index contributed by atoms with van der Waals surface area (Å²) in [6, 6.07) is 1.96. The monoisotopic (exact) mass is 233 g/mol. The van der Waals surface area contributed by atoms with Crippen molar-refractivity contribution in [2.75, 3.05) is 0 Å². The minimum absolute atomic E-state index is 0.524. The van der Waals surface area contributed by atoms with Crippen LogP contribution in [0.1, 0.15) is 18.1 Å². The number of nitrogens with zero attached hydrogens (tertiary/aromatic N) is 3. The predicted molar refractivity (Wildman–Crippen MR) is 64.4 cm³/mol. The quantitative estimate of drug-likeness (QED) is 0.749. The van der Waals surface area contributed by atoms with Crippen molar-refractivity contribution in [1.29, 1.82) is 0 Å². The Morgan fingerprint density at radius 2 is 2.12 bits per heavy atom. The zero-order chi connectivity index (χ0) is 11.5. The van der Waals surface area contributed by atoms with E-state index in [-0.39, 0.29) is 0 Å². The second-order valence-corrected chi connectivity index (χ2v) is 3.89. The van der Waals surface area contributed by atoms with E-state index >= 15 is 0 Å². The highest BCUT2D eigenvalue weighted by Crippen LogP contribution is 2.27. The van der Waals surface area contributed by atoms with Crippen molar-refractivity contribution in [2.24, 2.45) is 0 Å². The van der Waals surface area contributed by atoms with Gasteiger partial charge >= 0.3 is 0 Å². The largest absolute Gasteiger partial charge is 0.264 e. The molecule has 4 heteroatoms. The first-order chi connectivity index (χ1) is 7.74. The molecule has 0 saturated carbocycles. The first-order valence-corrected chi connectivity index (χ1v) is 5.52. The summed E-state index contributed by atoms with van der Waals surface area (Å²) in [6.45, 7) is 4.08. The predicted octanol–water partition coefficient (Wildman–Crippen LogP) is 3.06. The summed E-state index contributed by atoms with van der Waals surface area (Å²) in [5.74, 6) is 0. The van der Waals surface area contributed by atoms with Crippen LogP contribution in [0.4, 0.5) is 0 Å². The molecule has 2 rings (SSSR count). The molecular formula is C12H12ClN3. The summed E-state index contributed by atoms with van der Waals surface area (Å²) < 4.78 is 0. The number of aryl methyl sites for hydroxylation is 1. The molecular weight excluding hydrogens is 222 g/mol. The minimum Gasteiger partial charge on any atom is -0.264 e. The van der Waals surface area contributed by atoms with Crippen LogP contribution in [0.2, 0.25) is 5.15 Å². The molecule has 0 fully saturated rings. The standard InChI is InChI=1S/C12H12ClN3/c1-3-9-11(15-7-16-12(9)13)10-6-14-5-4-8(10)2/h4-7H,3H2,1-2H3. The van der Waals surface area contributed by atoms with Crippen LogP contribution in [0.25, 0.3) is 11.3 Å². The smallest absolute Gasteiger partial charge is 0.136 e. The molecule has 2 aromatic rings. The highest BCUT2D eigenvalue weighted by atomic mass is 35.5. The minimum atomic E-state index is 0.524. The fourth-order valence-corrected chi connectivity index (χ4v) is 1.91. The van der Waals surface area contributed by atoms with Crippen LogP contribution in [-0.4, -0.2) is 15.0 Å². The average Bonchev–Trinajstić information content (AvgIpc) is 2.29. The fraction of sp³-hybridized carbons (Fsp3) is 0.250. The molecule has 0 unspecified atom stereocenters. The van der Waals surface area contributed by atoms with Gasteiger partial charge in [-0.1, -0.05) is 18.5 Å². The van der Waals surface area contributed by atoms with Gasteiger partial charge in [0.05, 0.1) is 5.69 Å². The molecule has 0 aliphatic carbocycles. The summed E-state index contributed by atoms with van der Waals surface area (Å²) in [5.41, 5.74) is 4.01. The lowest BCUT2D eigenvalue weighted by Crippen LogP contribution is -1.97. The van der Waals surface area contributed by atoms with Gasteiger partial charge in [-0.05, 0) is 25.0 Å². The van der Waals surface area contributed by atoms with Crippen molar-refractivity contribution in [3.05, 3.63) is 41.1 Å². The van der Waals surface area contributed by atoms with Crippen LogP contribution in [0, 0.1) is 6.92 Å². The van der Waals surface area contributed by atoms with Crippen LogP contribution in [-0.2, 0) is 6.42 Å². The van der Waals surface area contributed by atoms with Gasteiger partial charge in [0.2, 0.25) is 0 Å². The summed E-state index contributed by atoms with van der Waals surface area (Å²) in [4.78, 5) is 12.4. The van der Waals surface area contributed by atoms with E-state index < -0.39 is 0 Å². The molecule has 0 aliphatic heterocycles. The molecule has 0 spiro atoms. The highest BCUT2D eigenvalue weighted by molar-refractivity contribution is 6.30. The Kier molecular flexibility index (Phi) is 3.15. The summed E-state index contributed by atoms with van der Waals surface area (Å²) >= 11 is 6.06. The van der Waals surface area contributed by atoms with Crippen molar-refractivity contribution in [1.82, 2.24) is 15.0 Å². The van der Waals surface area contributed by atoms with E-state index in [1.165, 1.54) is 6.33 Å². The van der Waals surface area contributed by atoms with Crippen molar-refractivity contribution < 1.29 is 0 Å². The van der Waals surface area contributed by atoms with Gasteiger partial charge in [0.25, 0.3) is 0 Å². The Bertz CT molecular complexity index is 511. The lowest BCUT2D eigenvalue weighted by Gasteiger charge is -2.09. The van der Waals surface area contributed by atoms with Crippen LogP contribution in [0.15, 0.2) is 24.8 Å². The van der Waals surface area contributed by atoms with Crippen LogP contribution in [0.3, 0.4) is 0 Å². The molecule has 0 radical (unpaired) electrons. The third-order valence-corrected chi connectivity index (χ3v) is 2.87. The van der Waals surface area contributed by atoms with Gasteiger partial charge in [-0.25, -0.2) is 9.97 Å². The lowest BCUT2D eigenvalue weighted by atomic mass is 10.0. The Balaban J connectivity index is 2.65. The van der Waals surface area contributed by atoms with Crippen molar-refractivity contribution >= 4 is 11.6 Å². The maximum Gasteiger partial charge on any atom is 0.136 e. The van der Waals surface area contributed by atoms with Crippen molar-refractivity contribution in [2.45, 2.75) is 20.3 Å². The van der Waals surface area contributed by atoms with Crippen LogP contribution < -0.4 is 0 Å². The highest BCUT2D eigenvalue weighted by Gasteiger charge is 2.11. The number of aromatic nitrogens is 3. The van der Waals surface area contributed by atoms with Crippen LogP contribution in [0.5, 0.6) is 0 Å². The van der Waals surface area contributed by atoms with E-state index in [9.17, 15) is 0 Å². The van der Waals surface area contributed by atoms with Gasteiger partial charge in [0, 0.05) is 23.5 Å². The maximum absolute atomic E-state index is 6.06. The summed E-state index contributed by atoms with van der Waals surface area (Å²) in [7, 11) is 0. The fourth-order valence-electron chi connectivity index (χ4n) is 1.65. The molecule has 3 nitrogen and oxygen atoms in total. The average molecular weight is 234 g/mol. The Morgan fingerprint density at radius 1 is 1.31 bits per heavy atom. The molecule has 0 aromatic carbocycles. The van der Waals surface area contributed by atoms with Crippen LogP contribution >= 0.6 is 11.6 Å². The summed E-state index contributed by atoms with van der Waals surface area (Å²) in [5, 5.41) is 0.524. The van der Waals surface area contributed by atoms with E-state index in [0.29, 0.717) is 5.15 Å². The molecule has 16 heavy (non-hydrogen) atoms. The molecule has 0 N–H and O–H groups in total. The maximum atomic E-state index is 6.06. The Morgan fingerprint density at radius 3 is 2.81 bits per heavy atom. The van der Waals surface area contributed by atoms with Gasteiger partial charge in [0.1, 0.15) is 11.5 Å². The van der Waals surface area contributed by atoms with E-state index in [1.54, 1.807) is 6.20 Å². The normalized spacial score (nSPS) is 10.4. The SMILES string of the molecule is CCc1c(Cl)ncnc1-c1cnccc1C. The zero-order valence-corrected chi connectivity index (χ0v) is 9.99. The molecule has 2 heterocycles. The molecule has 0 bridgehead atoms. The van der Waals surface area contributed by atoms with E-state index in [2.05, 4.69) is 15.0 Å². The lowest BCUT2D eigenvalue weighted by molar-refractivity contribution is 1.05. The van der Waals surface area contributed by atoms with Gasteiger partial charge in [-0.3, -0.25) is 4.98 Å². The molecule has 0 amide bonds. The first-order valence-electron chi connectivity index (χ1n) is 5.14. The van der Waals surface area contributed by atoms with E-state index in [4.69, 9.17) is 11.6 Å². The Labute approximate surface area is 99.5 Å². The number of pyridine rings is 1. The second kappa shape index (κ2) is 4.58. The number of hydrogen-bond acceptors (Lipinski definition) is 3.